The number of hydrogen-bond acceptors (Lipinski definition) is 5. The zero-order valence-corrected chi connectivity index (χ0v) is 21.4. The van der Waals surface area contributed by atoms with Gasteiger partial charge in [-0.2, -0.15) is 0 Å². The molecule has 34 heavy (non-hydrogen) atoms. The fourth-order valence-electron chi connectivity index (χ4n) is 3.75. The lowest BCUT2D eigenvalue weighted by atomic mass is 9.87. The molecule has 2 aromatic carbocycles. The highest BCUT2D eigenvalue weighted by Crippen LogP contribution is 2.26. The van der Waals surface area contributed by atoms with Crippen LogP contribution in [-0.4, -0.2) is 36.9 Å². The molecule has 1 saturated heterocycles. The summed E-state index contributed by atoms with van der Waals surface area (Å²) in [5.74, 6) is 1.44. The van der Waals surface area contributed by atoms with Crippen LogP contribution in [0.25, 0.3) is 0 Å². The summed E-state index contributed by atoms with van der Waals surface area (Å²) in [6.07, 6.45) is 3.63. The number of aryl methyl sites for hydroxylation is 2. The molecule has 0 saturated carbocycles. The Morgan fingerprint density at radius 2 is 1.94 bits per heavy atom. The Kier molecular flexibility index (Phi) is 9.30. The average Bonchev–Trinajstić information content (AvgIpc) is 3.32. The first-order valence-electron chi connectivity index (χ1n) is 11.9. The van der Waals surface area contributed by atoms with Crippen molar-refractivity contribution in [2.24, 2.45) is 5.41 Å². The van der Waals surface area contributed by atoms with Crippen molar-refractivity contribution in [1.82, 2.24) is 5.32 Å². The van der Waals surface area contributed by atoms with Crippen molar-refractivity contribution in [3.8, 4) is 11.5 Å². The van der Waals surface area contributed by atoms with E-state index in [4.69, 9.17) is 26.4 Å². The molecule has 1 unspecified atom stereocenters. The second-order valence-corrected chi connectivity index (χ2v) is 9.86. The minimum Gasteiger partial charge on any atom is -0.493 e. The number of thiocarbonyl (C=S) groups is 1. The summed E-state index contributed by atoms with van der Waals surface area (Å²) in [4.78, 5) is 12.9. The largest absolute Gasteiger partial charge is 0.493 e. The SMILES string of the molecule is Cc1ccc(C)c(OCCCC(C)(C)C(=O)NC(=S)Nc2ccccc2OCC2CCCO2)c1. The summed E-state index contributed by atoms with van der Waals surface area (Å²) >= 11 is 5.41. The first kappa shape index (κ1) is 26.0. The smallest absolute Gasteiger partial charge is 0.231 e. The van der Waals surface area contributed by atoms with Crippen molar-refractivity contribution in [1.29, 1.82) is 0 Å². The van der Waals surface area contributed by atoms with E-state index in [0.717, 1.165) is 37.2 Å². The van der Waals surface area contributed by atoms with Gasteiger partial charge in [-0.1, -0.05) is 38.1 Å². The molecule has 0 aromatic heterocycles. The number of benzene rings is 2. The molecule has 0 bridgehead atoms. The first-order valence-corrected chi connectivity index (χ1v) is 12.3. The molecule has 1 fully saturated rings. The highest BCUT2D eigenvalue weighted by atomic mass is 32.1. The van der Waals surface area contributed by atoms with Gasteiger partial charge in [0.1, 0.15) is 18.1 Å². The van der Waals surface area contributed by atoms with E-state index >= 15 is 0 Å². The lowest BCUT2D eigenvalue weighted by Crippen LogP contribution is -2.42. The van der Waals surface area contributed by atoms with E-state index in [-0.39, 0.29) is 17.1 Å². The van der Waals surface area contributed by atoms with Crippen LogP contribution >= 0.6 is 12.2 Å². The lowest BCUT2D eigenvalue weighted by molar-refractivity contribution is -0.128. The highest BCUT2D eigenvalue weighted by molar-refractivity contribution is 7.80. The number of nitrogens with one attached hydrogen (secondary N) is 2. The molecule has 1 amide bonds. The van der Waals surface area contributed by atoms with E-state index in [0.29, 0.717) is 31.1 Å². The number of para-hydroxylation sites is 2. The van der Waals surface area contributed by atoms with E-state index in [1.165, 1.54) is 5.56 Å². The maximum atomic E-state index is 12.9. The molecule has 3 rings (SSSR count). The van der Waals surface area contributed by atoms with Crippen LogP contribution in [0.4, 0.5) is 5.69 Å². The molecular formula is C27H36N2O4S. The summed E-state index contributed by atoms with van der Waals surface area (Å²) in [5, 5.41) is 6.17. The third kappa shape index (κ3) is 7.71. The maximum Gasteiger partial charge on any atom is 0.231 e. The third-order valence-corrected chi connectivity index (χ3v) is 6.18. The summed E-state index contributed by atoms with van der Waals surface area (Å²) in [7, 11) is 0. The molecule has 7 heteroatoms. The summed E-state index contributed by atoms with van der Waals surface area (Å²) in [6, 6.07) is 13.7. The Morgan fingerprint density at radius 1 is 1.15 bits per heavy atom. The quantitative estimate of drug-likeness (QED) is 0.340. The van der Waals surface area contributed by atoms with Crippen LogP contribution in [0.5, 0.6) is 11.5 Å². The van der Waals surface area contributed by atoms with E-state index in [2.05, 4.69) is 22.8 Å². The highest BCUT2D eigenvalue weighted by Gasteiger charge is 2.28. The van der Waals surface area contributed by atoms with E-state index in [1.807, 2.05) is 58.0 Å². The van der Waals surface area contributed by atoms with Crippen molar-refractivity contribution in [3.05, 3.63) is 53.6 Å². The maximum absolute atomic E-state index is 12.9. The molecule has 1 aliphatic heterocycles. The molecule has 0 spiro atoms. The summed E-state index contributed by atoms with van der Waals surface area (Å²) in [5.41, 5.74) is 2.40. The minimum absolute atomic E-state index is 0.124. The van der Waals surface area contributed by atoms with E-state index in [1.54, 1.807) is 0 Å². The molecule has 184 valence electrons. The second kappa shape index (κ2) is 12.2. The van der Waals surface area contributed by atoms with Gasteiger partial charge < -0.3 is 24.8 Å². The molecule has 1 aliphatic rings. The van der Waals surface area contributed by atoms with Gasteiger partial charge in [0.15, 0.2) is 5.11 Å². The standard InChI is InChI=1S/C27H36N2O4S/c1-19-12-13-20(2)24(17-19)32-16-8-14-27(3,4)25(30)29-26(34)28-22-10-5-6-11-23(22)33-18-21-9-7-15-31-21/h5-6,10-13,17,21H,7-9,14-16,18H2,1-4H3,(H2,28,29,30,34). The number of carbonyl (C=O) groups is 1. The monoisotopic (exact) mass is 484 g/mol. The number of carbonyl (C=O) groups excluding carboxylic acids is 1. The predicted octanol–water partition coefficient (Wildman–Crippen LogP) is 5.56. The van der Waals surface area contributed by atoms with Crippen LogP contribution in [0.2, 0.25) is 0 Å². The fraction of sp³-hybridized carbons (Fsp3) is 0.481. The van der Waals surface area contributed by atoms with Gasteiger partial charge in [-0.05, 0) is 81.1 Å². The zero-order valence-electron chi connectivity index (χ0n) is 20.6. The summed E-state index contributed by atoms with van der Waals surface area (Å²) in [6.45, 7) is 9.76. The molecule has 1 atom stereocenters. The van der Waals surface area contributed by atoms with Crippen LogP contribution < -0.4 is 20.1 Å². The first-order chi connectivity index (χ1) is 16.2. The van der Waals surface area contributed by atoms with Crippen LogP contribution in [0.3, 0.4) is 0 Å². The average molecular weight is 485 g/mol. The topological polar surface area (TPSA) is 68.8 Å². The van der Waals surface area contributed by atoms with Crippen LogP contribution in [0.15, 0.2) is 42.5 Å². The van der Waals surface area contributed by atoms with Gasteiger partial charge in [0.25, 0.3) is 0 Å². The van der Waals surface area contributed by atoms with Crippen molar-refractivity contribution in [2.75, 3.05) is 25.1 Å². The van der Waals surface area contributed by atoms with Gasteiger partial charge in [0.05, 0.1) is 18.4 Å². The lowest BCUT2D eigenvalue weighted by Gasteiger charge is -2.24. The second-order valence-electron chi connectivity index (χ2n) is 9.46. The molecule has 0 radical (unpaired) electrons. The third-order valence-electron chi connectivity index (χ3n) is 5.97. The normalized spacial score (nSPS) is 15.6. The van der Waals surface area contributed by atoms with Crippen molar-refractivity contribution in [3.63, 3.8) is 0 Å². The van der Waals surface area contributed by atoms with Crippen LogP contribution in [0.1, 0.15) is 50.7 Å². The Bertz CT molecular complexity index is 986. The Morgan fingerprint density at radius 3 is 2.71 bits per heavy atom. The Hall–Kier alpha value is -2.64. The predicted molar refractivity (Wildman–Crippen MR) is 140 cm³/mol. The number of rotatable bonds is 10. The van der Waals surface area contributed by atoms with Crippen molar-refractivity contribution >= 4 is 28.9 Å². The van der Waals surface area contributed by atoms with Gasteiger partial charge in [0.2, 0.25) is 5.91 Å². The molecule has 2 N–H and O–H groups in total. The number of anilines is 1. The molecule has 0 aliphatic carbocycles. The Labute approximate surface area is 208 Å². The molecule has 1 heterocycles. The van der Waals surface area contributed by atoms with Crippen LogP contribution in [0, 0.1) is 19.3 Å². The van der Waals surface area contributed by atoms with E-state index in [9.17, 15) is 4.79 Å². The van der Waals surface area contributed by atoms with Crippen molar-refractivity contribution < 1.29 is 19.0 Å². The van der Waals surface area contributed by atoms with Gasteiger partial charge in [-0.15, -0.1) is 0 Å². The summed E-state index contributed by atoms with van der Waals surface area (Å²) < 4.78 is 17.5. The fourth-order valence-corrected chi connectivity index (χ4v) is 3.96. The number of hydrogen-bond donors (Lipinski definition) is 2. The van der Waals surface area contributed by atoms with Gasteiger partial charge in [-0.3, -0.25) is 4.79 Å². The Balaban J connectivity index is 1.45. The number of ether oxygens (including phenoxy) is 3. The van der Waals surface area contributed by atoms with Crippen LogP contribution in [-0.2, 0) is 9.53 Å². The molecule has 6 nitrogen and oxygen atoms in total. The van der Waals surface area contributed by atoms with Gasteiger partial charge in [-0.25, -0.2) is 0 Å². The zero-order chi connectivity index (χ0) is 24.6. The molecule has 2 aromatic rings. The van der Waals surface area contributed by atoms with Gasteiger partial charge in [0, 0.05) is 12.0 Å². The molecular weight excluding hydrogens is 448 g/mol. The van der Waals surface area contributed by atoms with E-state index < -0.39 is 5.41 Å². The van der Waals surface area contributed by atoms with Gasteiger partial charge >= 0.3 is 0 Å². The minimum atomic E-state index is -0.591. The van der Waals surface area contributed by atoms with Crippen molar-refractivity contribution in [2.45, 2.75) is 59.5 Å². The number of amides is 1.